The lowest BCUT2D eigenvalue weighted by Gasteiger charge is -2.34. The predicted octanol–water partition coefficient (Wildman–Crippen LogP) is 3.65. The van der Waals surface area contributed by atoms with Gasteiger partial charge in [0.2, 0.25) is 0 Å². The van der Waals surface area contributed by atoms with Gasteiger partial charge in [-0.2, -0.15) is 0 Å². The molecule has 88 valence electrons. The van der Waals surface area contributed by atoms with Gasteiger partial charge in [0.05, 0.1) is 0 Å². The van der Waals surface area contributed by atoms with E-state index >= 15 is 0 Å². The Labute approximate surface area is 103 Å². The minimum atomic E-state index is 0.761. The Hall–Kier alpha value is -0.470. The zero-order valence-electron chi connectivity index (χ0n) is 10.2. The van der Waals surface area contributed by atoms with Crippen molar-refractivity contribution in [3.63, 3.8) is 0 Å². The Bertz CT molecular complexity index is 322. The van der Waals surface area contributed by atoms with Crippen molar-refractivity contribution in [1.29, 1.82) is 0 Å². The number of thioether (sulfide) groups is 1. The number of hydrogen-bond acceptors (Lipinski definition) is 2. The first-order valence-electron chi connectivity index (χ1n) is 6.17. The fourth-order valence-corrected chi connectivity index (χ4v) is 3.60. The lowest BCUT2D eigenvalue weighted by Crippen LogP contribution is -2.40. The molecule has 1 saturated carbocycles. The van der Waals surface area contributed by atoms with E-state index in [0.717, 1.165) is 11.3 Å². The van der Waals surface area contributed by atoms with E-state index in [-0.39, 0.29) is 0 Å². The quantitative estimate of drug-likeness (QED) is 0.801. The Balaban J connectivity index is 1.89. The van der Waals surface area contributed by atoms with Gasteiger partial charge in [-0.1, -0.05) is 23.8 Å². The van der Waals surface area contributed by atoms with Gasteiger partial charge in [0, 0.05) is 16.2 Å². The molecule has 16 heavy (non-hydrogen) atoms. The third kappa shape index (κ3) is 3.26. The molecule has 0 aromatic heterocycles. The summed E-state index contributed by atoms with van der Waals surface area (Å²) in [6.45, 7) is 2.19. The molecule has 0 aromatic rings. The van der Waals surface area contributed by atoms with Gasteiger partial charge in [-0.25, -0.2) is 0 Å². The smallest absolute Gasteiger partial charge is 0.0124 e. The zero-order chi connectivity index (χ0) is 11.4. The molecule has 0 atom stereocenters. The number of allylic oxidation sites excluding steroid dienone is 5. The molecule has 0 radical (unpaired) electrons. The summed E-state index contributed by atoms with van der Waals surface area (Å²) in [6, 6.07) is 0.761. The van der Waals surface area contributed by atoms with Gasteiger partial charge in [-0.3, -0.25) is 0 Å². The minimum absolute atomic E-state index is 0.761. The monoisotopic (exact) mass is 235 g/mol. The van der Waals surface area contributed by atoms with Crippen molar-refractivity contribution >= 4 is 11.8 Å². The molecule has 1 nitrogen and oxygen atoms in total. The molecule has 0 saturated heterocycles. The van der Waals surface area contributed by atoms with Crippen molar-refractivity contribution in [1.82, 2.24) is 5.32 Å². The Morgan fingerprint density at radius 3 is 2.88 bits per heavy atom. The van der Waals surface area contributed by atoms with E-state index in [1.807, 2.05) is 0 Å². The van der Waals surface area contributed by atoms with Crippen LogP contribution in [0.1, 0.15) is 32.6 Å². The van der Waals surface area contributed by atoms with Crippen molar-refractivity contribution in [3.8, 4) is 0 Å². The maximum absolute atomic E-state index is 3.34. The first kappa shape index (κ1) is 12.0. The van der Waals surface area contributed by atoms with E-state index in [4.69, 9.17) is 0 Å². The van der Waals surface area contributed by atoms with E-state index in [1.54, 1.807) is 0 Å². The molecule has 0 aliphatic heterocycles. The van der Waals surface area contributed by atoms with Crippen molar-refractivity contribution < 1.29 is 0 Å². The normalized spacial score (nSPS) is 29.9. The second-order valence-electron chi connectivity index (χ2n) is 4.67. The standard InChI is InChI=1S/C14H21NS/c1-11-6-4-3-5-7-13(8-11)16-14-9-12(10-14)15-2/h4,6-8,12,14-15H,3,5,9-10H2,1-2H3. The number of rotatable bonds is 3. The van der Waals surface area contributed by atoms with Crippen molar-refractivity contribution in [2.75, 3.05) is 7.05 Å². The van der Waals surface area contributed by atoms with Crippen LogP contribution < -0.4 is 5.32 Å². The molecular weight excluding hydrogens is 214 g/mol. The summed E-state index contributed by atoms with van der Waals surface area (Å²) in [7, 11) is 2.06. The molecule has 0 amide bonds. The van der Waals surface area contributed by atoms with Gasteiger partial charge in [0.1, 0.15) is 0 Å². The fraction of sp³-hybridized carbons (Fsp3) is 0.571. The maximum atomic E-state index is 3.34. The SMILES string of the molecule is CNC1CC(SC2=CCCC=CC(C)=C2)C1. The van der Waals surface area contributed by atoms with Crippen LogP contribution in [-0.4, -0.2) is 18.3 Å². The highest BCUT2D eigenvalue weighted by molar-refractivity contribution is 8.03. The predicted molar refractivity (Wildman–Crippen MR) is 73.7 cm³/mol. The topological polar surface area (TPSA) is 12.0 Å². The van der Waals surface area contributed by atoms with Crippen LogP contribution in [0.15, 0.2) is 34.8 Å². The van der Waals surface area contributed by atoms with Gasteiger partial charge < -0.3 is 5.32 Å². The average Bonchev–Trinajstić information content (AvgIpc) is 2.18. The maximum Gasteiger partial charge on any atom is 0.0124 e. The summed E-state index contributed by atoms with van der Waals surface area (Å²) in [5, 5.41) is 4.17. The second kappa shape index (κ2) is 5.74. The van der Waals surface area contributed by atoms with Crippen LogP contribution in [0, 0.1) is 0 Å². The third-order valence-corrected chi connectivity index (χ3v) is 4.51. The lowest BCUT2D eigenvalue weighted by atomic mass is 9.93. The molecule has 2 heteroatoms. The highest BCUT2D eigenvalue weighted by Gasteiger charge is 2.28. The van der Waals surface area contributed by atoms with Crippen LogP contribution >= 0.6 is 11.8 Å². The van der Waals surface area contributed by atoms with E-state index in [0.29, 0.717) is 0 Å². The molecule has 0 heterocycles. The van der Waals surface area contributed by atoms with E-state index in [2.05, 4.69) is 55.4 Å². The molecule has 0 spiro atoms. The molecule has 2 rings (SSSR count). The van der Waals surface area contributed by atoms with Gasteiger partial charge in [0.25, 0.3) is 0 Å². The first-order valence-corrected chi connectivity index (χ1v) is 7.05. The molecule has 2 aliphatic rings. The van der Waals surface area contributed by atoms with Gasteiger partial charge in [-0.05, 0) is 45.7 Å². The Morgan fingerprint density at radius 1 is 1.31 bits per heavy atom. The third-order valence-electron chi connectivity index (χ3n) is 3.24. The molecular formula is C14H21NS. The van der Waals surface area contributed by atoms with Crippen molar-refractivity contribution in [3.05, 3.63) is 34.8 Å². The van der Waals surface area contributed by atoms with Gasteiger partial charge in [-0.15, -0.1) is 11.8 Å². The van der Waals surface area contributed by atoms with Crippen LogP contribution in [0.2, 0.25) is 0 Å². The summed E-state index contributed by atoms with van der Waals surface area (Å²) in [5.74, 6) is 0. The van der Waals surface area contributed by atoms with Gasteiger partial charge >= 0.3 is 0 Å². The Morgan fingerprint density at radius 2 is 2.12 bits per heavy atom. The van der Waals surface area contributed by atoms with Crippen LogP contribution in [0.5, 0.6) is 0 Å². The molecule has 0 aromatic carbocycles. The van der Waals surface area contributed by atoms with Crippen LogP contribution in [-0.2, 0) is 0 Å². The molecule has 0 bridgehead atoms. The van der Waals surface area contributed by atoms with Crippen LogP contribution in [0.4, 0.5) is 0 Å². The molecule has 2 aliphatic carbocycles. The highest BCUT2D eigenvalue weighted by atomic mass is 32.2. The first-order chi connectivity index (χ1) is 7.78. The summed E-state index contributed by atoms with van der Waals surface area (Å²) < 4.78 is 0. The summed E-state index contributed by atoms with van der Waals surface area (Å²) in [4.78, 5) is 1.47. The fourth-order valence-electron chi connectivity index (χ4n) is 2.09. The van der Waals surface area contributed by atoms with Crippen LogP contribution in [0.25, 0.3) is 0 Å². The minimum Gasteiger partial charge on any atom is -0.317 e. The van der Waals surface area contributed by atoms with Gasteiger partial charge in [0.15, 0.2) is 0 Å². The number of nitrogens with one attached hydrogen (secondary N) is 1. The molecule has 0 unspecified atom stereocenters. The summed E-state index contributed by atoms with van der Waals surface area (Å²) >= 11 is 2.06. The summed E-state index contributed by atoms with van der Waals surface area (Å²) in [5.41, 5.74) is 1.38. The van der Waals surface area contributed by atoms with Crippen molar-refractivity contribution in [2.24, 2.45) is 0 Å². The van der Waals surface area contributed by atoms with E-state index < -0.39 is 0 Å². The van der Waals surface area contributed by atoms with E-state index in [9.17, 15) is 0 Å². The lowest BCUT2D eigenvalue weighted by molar-refractivity contribution is 0.375. The second-order valence-corrected chi connectivity index (χ2v) is 6.05. The van der Waals surface area contributed by atoms with Crippen LogP contribution in [0.3, 0.4) is 0 Å². The van der Waals surface area contributed by atoms with Crippen molar-refractivity contribution in [2.45, 2.75) is 43.9 Å². The molecule has 1 fully saturated rings. The molecule has 1 N–H and O–H groups in total. The Kier molecular flexibility index (Phi) is 4.30. The largest absolute Gasteiger partial charge is 0.317 e. The summed E-state index contributed by atoms with van der Waals surface area (Å²) in [6.07, 6.45) is 14.2. The zero-order valence-corrected chi connectivity index (χ0v) is 11.0. The average molecular weight is 235 g/mol. The highest BCUT2D eigenvalue weighted by Crippen LogP contribution is 2.37. The number of hydrogen-bond donors (Lipinski definition) is 1. The van der Waals surface area contributed by atoms with E-state index in [1.165, 1.54) is 36.2 Å².